The van der Waals surface area contributed by atoms with E-state index in [0.717, 1.165) is 21.9 Å². The Bertz CT molecular complexity index is 1710. The standard InChI is InChI=1S/C35H44N4O9S/c1-22(2)18-28(32(41)38-30(34(43)49(45,46)47)20-26-15-9-17-36-31(26)40)37-33(42)29(39-35(44)48-21-23-10-4-3-5-11-23)19-25-14-8-13-24-12-6-7-16-27(24)25/h3-8,10-14,16,22,26,28-30,34,43H,9,15,17-21H2,1-2H3,(H,36,40)(H,37,42)(H,38,41)(H,39,44)(H,45,46,47)/t26-,28-,29-,30-,34?/m0/s1. The van der Waals surface area contributed by atoms with E-state index in [1.54, 1.807) is 24.3 Å². The molecule has 3 aromatic rings. The summed E-state index contributed by atoms with van der Waals surface area (Å²) in [5.41, 5.74) is -0.913. The SMILES string of the molecule is CC(C)C[C@H](NC(=O)[C@H](Cc1cccc2ccccc12)NC(=O)OCc1ccccc1)C(=O)N[C@@H](C[C@@H]1CCCNC1=O)C(O)S(=O)(=O)O. The number of aliphatic hydroxyl groups is 1. The summed E-state index contributed by atoms with van der Waals surface area (Å²) in [5, 5.41) is 22.8. The zero-order valence-corrected chi connectivity index (χ0v) is 28.3. The molecule has 0 aliphatic carbocycles. The number of benzene rings is 3. The number of hydrogen-bond acceptors (Lipinski definition) is 8. The molecular weight excluding hydrogens is 652 g/mol. The monoisotopic (exact) mass is 696 g/mol. The Morgan fingerprint density at radius 1 is 0.918 bits per heavy atom. The van der Waals surface area contributed by atoms with E-state index in [-0.39, 0.29) is 37.7 Å². The van der Waals surface area contributed by atoms with Crippen molar-refractivity contribution in [3.8, 4) is 0 Å². The molecule has 1 fully saturated rings. The fourth-order valence-corrected chi connectivity index (χ4v) is 6.48. The summed E-state index contributed by atoms with van der Waals surface area (Å²) in [7, 11) is -5.03. The number of rotatable bonds is 15. The molecule has 6 N–H and O–H groups in total. The van der Waals surface area contributed by atoms with Gasteiger partial charge in [0.15, 0.2) is 0 Å². The van der Waals surface area contributed by atoms with Crippen LogP contribution in [0.15, 0.2) is 72.8 Å². The predicted octanol–water partition coefficient (Wildman–Crippen LogP) is 2.82. The number of nitrogens with one attached hydrogen (secondary N) is 4. The molecule has 0 bridgehead atoms. The van der Waals surface area contributed by atoms with Gasteiger partial charge in [-0.25, -0.2) is 4.79 Å². The summed E-state index contributed by atoms with van der Waals surface area (Å²) in [6, 6.07) is 18.2. The van der Waals surface area contributed by atoms with Crippen LogP contribution >= 0.6 is 0 Å². The molecule has 0 spiro atoms. The molecular formula is C35H44N4O9S. The van der Waals surface area contributed by atoms with Crippen LogP contribution in [0.5, 0.6) is 0 Å². The largest absolute Gasteiger partial charge is 0.445 e. The van der Waals surface area contributed by atoms with Crippen molar-refractivity contribution in [2.75, 3.05) is 6.54 Å². The molecule has 5 atom stereocenters. The average molecular weight is 697 g/mol. The molecule has 13 nitrogen and oxygen atoms in total. The molecule has 1 unspecified atom stereocenters. The van der Waals surface area contributed by atoms with E-state index in [9.17, 15) is 37.3 Å². The molecule has 0 aromatic heterocycles. The first-order chi connectivity index (χ1) is 23.3. The van der Waals surface area contributed by atoms with Gasteiger partial charge in [-0.2, -0.15) is 8.42 Å². The van der Waals surface area contributed by atoms with Gasteiger partial charge in [-0.1, -0.05) is 86.6 Å². The highest BCUT2D eigenvalue weighted by Crippen LogP contribution is 2.22. The Kier molecular flexibility index (Phi) is 13.1. The molecule has 1 heterocycles. The van der Waals surface area contributed by atoms with Crippen LogP contribution in [-0.4, -0.2) is 72.0 Å². The average Bonchev–Trinajstić information content (AvgIpc) is 3.07. The van der Waals surface area contributed by atoms with Gasteiger partial charge >= 0.3 is 6.09 Å². The fourth-order valence-electron chi connectivity index (χ4n) is 5.89. The van der Waals surface area contributed by atoms with Gasteiger partial charge < -0.3 is 31.1 Å². The van der Waals surface area contributed by atoms with E-state index in [2.05, 4.69) is 21.3 Å². The lowest BCUT2D eigenvalue weighted by atomic mass is 9.91. The first-order valence-electron chi connectivity index (χ1n) is 16.3. The summed E-state index contributed by atoms with van der Waals surface area (Å²) in [6.07, 6.45) is 0.0460. The second-order valence-electron chi connectivity index (χ2n) is 12.7. The number of aliphatic hydroxyl groups excluding tert-OH is 1. The van der Waals surface area contributed by atoms with Crippen molar-refractivity contribution in [1.82, 2.24) is 21.3 Å². The van der Waals surface area contributed by atoms with E-state index < -0.39 is 57.5 Å². The van der Waals surface area contributed by atoms with Crippen LogP contribution < -0.4 is 21.3 Å². The van der Waals surface area contributed by atoms with Crippen LogP contribution in [0.4, 0.5) is 4.79 Å². The third-order valence-corrected chi connectivity index (χ3v) is 9.32. The minimum Gasteiger partial charge on any atom is -0.445 e. The third-order valence-electron chi connectivity index (χ3n) is 8.38. The van der Waals surface area contributed by atoms with Crippen molar-refractivity contribution in [1.29, 1.82) is 0 Å². The summed E-state index contributed by atoms with van der Waals surface area (Å²) in [5.74, 6) is -2.75. The quantitative estimate of drug-likeness (QED) is 0.129. The van der Waals surface area contributed by atoms with Gasteiger partial charge in [0.25, 0.3) is 10.1 Å². The molecule has 1 saturated heterocycles. The first kappa shape index (κ1) is 37.3. The maximum absolute atomic E-state index is 13.9. The second kappa shape index (κ2) is 17.2. The van der Waals surface area contributed by atoms with E-state index in [1.807, 2.05) is 62.4 Å². The fraction of sp³-hybridized carbons (Fsp3) is 0.429. The highest BCUT2D eigenvalue weighted by atomic mass is 32.2. The Hall–Kier alpha value is -4.53. The van der Waals surface area contributed by atoms with Crippen molar-refractivity contribution in [3.05, 3.63) is 83.9 Å². The maximum atomic E-state index is 13.9. The lowest BCUT2D eigenvalue weighted by Gasteiger charge is -2.30. The van der Waals surface area contributed by atoms with Crippen LogP contribution in [0.1, 0.15) is 50.7 Å². The topological polar surface area (TPSA) is 200 Å². The highest BCUT2D eigenvalue weighted by molar-refractivity contribution is 7.86. The van der Waals surface area contributed by atoms with Gasteiger partial charge in [-0.15, -0.1) is 0 Å². The third kappa shape index (κ3) is 11.0. The van der Waals surface area contributed by atoms with Crippen LogP contribution in [0, 0.1) is 11.8 Å². The minimum absolute atomic E-state index is 0.0375. The lowest BCUT2D eigenvalue weighted by Crippen LogP contribution is -2.58. The van der Waals surface area contributed by atoms with Crippen LogP contribution in [-0.2, 0) is 42.3 Å². The van der Waals surface area contributed by atoms with Crippen molar-refractivity contribution in [2.24, 2.45) is 11.8 Å². The summed E-state index contributed by atoms with van der Waals surface area (Å²) < 4.78 is 38.9. The molecule has 4 amide bonds. The summed E-state index contributed by atoms with van der Waals surface area (Å²) in [6.45, 7) is 4.04. The molecule has 49 heavy (non-hydrogen) atoms. The minimum atomic E-state index is -5.03. The number of piperidine rings is 1. The second-order valence-corrected chi connectivity index (χ2v) is 14.2. The van der Waals surface area contributed by atoms with E-state index in [0.29, 0.717) is 19.4 Å². The summed E-state index contributed by atoms with van der Waals surface area (Å²) >= 11 is 0. The van der Waals surface area contributed by atoms with Gasteiger partial charge in [0.05, 0.1) is 6.04 Å². The molecule has 264 valence electrons. The number of fused-ring (bicyclic) bond motifs is 1. The molecule has 4 rings (SSSR count). The van der Waals surface area contributed by atoms with Gasteiger partial charge in [0, 0.05) is 18.9 Å². The van der Waals surface area contributed by atoms with Crippen LogP contribution in [0.2, 0.25) is 0 Å². The van der Waals surface area contributed by atoms with Crippen LogP contribution in [0.3, 0.4) is 0 Å². The number of amides is 4. The zero-order chi connectivity index (χ0) is 35.6. The zero-order valence-electron chi connectivity index (χ0n) is 27.5. The van der Waals surface area contributed by atoms with Crippen molar-refractivity contribution in [2.45, 2.75) is 76.1 Å². The molecule has 1 aliphatic rings. The Morgan fingerprint density at radius 2 is 1.59 bits per heavy atom. The van der Waals surface area contributed by atoms with E-state index in [1.165, 1.54) is 0 Å². The van der Waals surface area contributed by atoms with Gasteiger partial charge in [-0.05, 0) is 53.5 Å². The first-order valence-corrected chi connectivity index (χ1v) is 17.8. The molecule has 1 aliphatic heterocycles. The van der Waals surface area contributed by atoms with Gasteiger partial charge in [-0.3, -0.25) is 18.9 Å². The molecule has 0 saturated carbocycles. The van der Waals surface area contributed by atoms with E-state index >= 15 is 0 Å². The smallest absolute Gasteiger partial charge is 0.408 e. The number of carbonyl (C=O) groups excluding carboxylic acids is 4. The van der Waals surface area contributed by atoms with Crippen molar-refractivity contribution < 1.29 is 42.0 Å². The maximum Gasteiger partial charge on any atom is 0.408 e. The van der Waals surface area contributed by atoms with Crippen molar-refractivity contribution in [3.63, 3.8) is 0 Å². The lowest BCUT2D eigenvalue weighted by molar-refractivity contribution is -0.131. The molecule has 0 radical (unpaired) electrons. The number of hydrogen-bond donors (Lipinski definition) is 6. The van der Waals surface area contributed by atoms with Crippen molar-refractivity contribution >= 4 is 44.7 Å². The van der Waals surface area contributed by atoms with Crippen LogP contribution in [0.25, 0.3) is 10.8 Å². The Balaban J connectivity index is 1.56. The molecule has 3 aromatic carbocycles. The molecule has 14 heteroatoms. The van der Waals surface area contributed by atoms with Gasteiger partial charge in [0.1, 0.15) is 18.7 Å². The number of ether oxygens (including phenoxy) is 1. The number of alkyl carbamates (subject to hydrolysis) is 1. The highest BCUT2D eigenvalue weighted by Gasteiger charge is 2.38. The Labute approximate surface area is 285 Å². The van der Waals surface area contributed by atoms with E-state index in [4.69, 9.17) is 4.74 Å². The number of carbonyl (C=O) groups is 4. The van der Waals surface area contributed by atoms with Gasteiger partial charge in [0.2, 0.25) is 23.2 Å². The predicted molar refractivity (Wildman–Crippen MR) is 182 cm³/mol. The normalized spacial score (nSPS) is 17.3. The summed E-state index contributed by atoms with van der Waals surface area (Å²) in [4.78, 5) is 53.0. The Morgan fingerprint density at radius 3 is 2.29 bits per heavy atom.